The highest BCUT2D eigenvalue weighted by atomic mass is 32.1. The monoisotopic (exact) mass is 253 g/mol. The Morgan fingerprint density at radius 2 is 2.18 bits per heavy atom. The van der Waals surface area contributed by atoms with E-state index in [9.17, 15) is 4.79 Å². The lowest BCUT2D eigenvalue weighted by Crippen LogP contribution is -2.20. The Labute approximate surface area is 106 Å². The molecule has 1 aliphatic rings. The topological polar surface area (TPSA) is 38.3 Å². The van der Waals surface area contributed by atoms with E-state index in [-0.39, 0.29) is 5.97 Å². The minimum atomic E-state index is -0.170. The molecule has 4 heteroatoms. The van der Waals surface area contributed by atoms with Gasteiger partial charge in [0.15, 0.2) is 0 Å². The van der Waals surface area contributed by atoms with Crippen LogP contribution >= 0.6 is 11.3 Å². The van der Waals surface area contributed by atoms with E-state index >= 15 is 0 Å². The van der Waals surface area contributed by atoms with Gasteiger partial charge in [0.2, 0.25) is 0 Å². The molecule has 0 bridgehead atoms. The van der Waals surface area contributed by atoms with E-state index in [4.69, 9.17) is 0 Å². The fraction of sp³-hybridized carbons (Fsp3) is 0.615. The SMILES string of the molecule is COC(=O)Cc1ccc(CNCC2(C)CC2)s1. The maximum Gasteiger partial charge on any atom is 0.310 e. The van der Waals surface area contributed by atoms with Crippen LogP contribution < -0.4 is 5.32 Å². The Morgan fingerprint density at radius 3 is 2.82 bits per heavy atom. The van der Waals surface area contributed by atoms with Crippen LogP contribution in [0.5, 0.6) is 0 Å². The van der Waals surface area contributed by atoms with E-state index in [0.717, 1.165) is 18.0 Å². The molecule has 17 heavy (non-hydrogen) atoms. The number of carbonyl (C=O) groups excluding carboxylic acids is 1. The second-order valence-corrected chi connectivity index (χ2v) is 6.29. The van der Waals surface area contributed by atoms with E-state index in [0.29, 0.717) is 11.8 Å². The van der Waals surface area contributed by atoms with Crippen LogP contribution in [0.3, 0.4) is 0 Å². The lowest BCUT2D eigenvalue weighted by Gasteiger charge is -2.08. The third kappa shape index (κ3) is 3.82. The molecule has 3 nitrogen and oxygen atoms in total. The third-order valence-corrected chi connectivity index (χ3v) is 4.30. The number of thiophene rings is 1. The molecule has 0 radical (unpaired) electrons. The Kier molecular flexibility index (Phi) is 3.84. The van der Waals surface area contributed by atoms with Crippen molar-refractivity contribution in [1.82, 2.24) is 5.32 Å². The predicted molar refractivity (Wildman–Crippen MR) is 69.1 cm³/mol. The number of carbonyl (C=O) groups is 1. The summed E-state index contributed by atoms with van der Waals surface area (Å²) in [4.78, 5) is 13.5. The number of methoxy groups -OCH3 is 1. The molecule has 1 aromatic heterocycles. The molecule has 2 rings (SSSR count). The summed E-state index contributed by atoms with van der Waals surface area (Å²) in [6.45, 7) is 4.32. The van der Waals surface area contributed by atoms with Crippen LogP contribution in [0.1, 0.15) is 29.5 Å². The average Bonchev–Trinajstić information content (AvgIpc) is 2.87. The zero-order valence-electron chi connectivity index (χ0n) is 10.4. The Hall–Kier alpha value is -0.870. The molecule has 94 valence electrons. The molecule has 0 atom stereocenters. The van der Waals surface area contributed by atoms with Gasteiger partial charge >= 0.3 is 5.97 Å². The number of esters is 1. The fourth-order valence-corrected chi connectivity index (χ4v) is 2.68. The molecule has 1 N–H and O–H groups in total. The molecule has 1 heterocycles. The Bertz CT molecular complexity index is 396. The molecule has 0 spiro atoms. The molecule has 0 unspecified atom stereocenters. The first kappa shape index (κ1) is 12.6. The molecule has 0 aliphatic heterocycles. The van der Waals surface area contributed by atoms with Crippen LogP contribution in [0.25, 0.3) is 0 Å². The molecule has 1 aliphatic carbocycles. The van der Waals surface area contributed by atoms with Gasteiger partial charge in [-0.25, -0.2) is 0 Å². The van der Waals surface area contributed by atoms with E-state index in [1.165, 1.54) is 24.8 Å². The number of hydrogen-bond donors (Lipinski definition) is 1. The van der Waals surface area contributed by atoms with Gasteiger partial charge in [-0.15, -0.1) is 11.3 Å². The highest BCUT2D eigenvalue weighted by molar-refractivity contribution is 7.12. The summed E-state index contributed by atoms with van der Waals surface area (Å²) in [5.41, 5.74) is 0.548. The maximum absolute atomic E-state index is 11.1. The lowest BCUT2D eigenvalue weighted by atomic mass is 10.1. The van der Waals surface area contributed by atoms with E-state index in [1.54, 1.807) is 11.3 Å². The van der Waals surface area contributed by atoms with Gasteiger partial charge in [0, 0.05) is 22.8 Å². The van der Waals surface area contributed by atoms with Crippen molar-refractivity contribution in [3.63, 3.8) is 0 Å². The summed E-state index contributed by atoms with van der Waals surface area (Å²) < 4.78 is 4.65. The first-order valence-electron chi connectivity index (χ1n) is 5.96. The van der Waals surface area contributed by atoms with Gasteiger partial charge in [0.05, 0.1) is 13.5 Å². The van der Waals surface area contributed by atoms with Crippen molar-refractivity contribution in [2.24, 2.45) is 5.41 Å². The molecular formula is C13H19NO2S. The summed E-state index contributed by atoms with van der Waals surface area (Å²) in [6, 6.07) is 4.10. The van der Waals surface area contributed by atoms with Crippen LogP contribution in [0, 0.1) is 5.41 Å². The first-order valence-corrected chi connectivity index (χ1v) is 6.78. The van der Waals surface area contributed by atoms with Gasteiger partial charge in [-0.1, -0.05) is 6.92 Å². The molecule has 0 saturated heterocycles. The first-order chi connectivity index (χ1) is 8.11. The summed E-state index contributed by atoms with van der Waals surface area (Å²) >= 11 is 1.68. The summed E-state index contributed by atoms with van der Waals surface area (Å²) in [6.07, 6.45) is 3.08. The molecule has 1 fully saturated rings. The largest absolute Gasteiger partial charge is 0.469 e. The molecular weight excluding hydrogens is 234 g/mol. The third-order valence-electron chi connectivity index (χ3n) is 3.22. The van der Waals surface area contributed by atoms with Crippen molar-refractivity contribution in [3.8, 4) is 0 Å². The molecule has 1 aromatic rings. The lowest BCUT2D eigenvalue weighted by molar-refractivity contribution is -0.139. The van der Waals surface area contributed by atoms with Crippen molar-refractivity contribution in [2.75, 3.05) is 13.7 Å². The van der Waals surface area contributed by atoms with Gasteiger partial charge in [-0.2, -0.15) is 0 Å². The highest BCUT2D eigenvalue weighted by Crippen LogP contribution is 2.44. The van der Waals surface area contributed by atoms with Crippen molar-refractivity contribution < 1.29 is 9.53 Å². The van der Waals surface area contributed by atoms with Crippen LogP contribution in [-0.2, 0) is 22.5 Å². The van der Waals surface area contributed by atoms with Crippen LogP contribution in [0.4, 0.5) is 0 Å². The zero-order chi connectivity index (χ0) is 12.3. The molecule has 0 aromatic carbocycles. The van der Waals surface area contributed by atoms with E-state index in [2.05, 4.69) is 23.0 Å². The second kappa shape index (κ2) is 5.19. The highest BCUT2D eigenvalue weighted by Gasteiger charge is 2.36. The van der Waals surface area contributed by atoms with Gasteiger partial charge in [0.25, 0.3) is 0 Å². The number of ether oxygens (including phenoxy) is 1. The minimum Gasteiger partial charge on any atom is -0.469 e. The second-order valence-electron chi connectivity index (χ2n) is 5.04. The van der Waals surface area contributed by atoms with Crippen molar-refractivity contribution in [2.45, 2.75) is 32.7 Å². The minimum absolute atomic E-state index is 0.170. The Morgan fingerprint density at radius 1 is 1.47 bits per heavy atom. The van der Waals surface area contributed by atoms with Gasteiger partial charge < -0.3 is 10.1 Å². The molecule has 0 amide bonds. The number of rotatable bonds is 6. The van der Waals surface area contributed by atoms with Gasteiger partial charge in [0.1, 0.15) is 0 Å². The van der Waals surface area contributed by atoms with Gasteiger partial charge in [-0.3, -0.25) is 4.79 Å². The number of nitrogens with one attached hydrogen (secondary N) is 1. The zero-order valence-corrected chi connectivity index (χ0v) is 11.2. The number of hydrogen-bond acceptors (Lipinski definition) is 4. The summed E-state index contributed by atoms with van der Waals surface area (Å²) in [7, 11) is 1.43. The van der Waals surface area contributed by atoms with E-state index < -0.39 is 0 Å². The van der Waals surface area contributed by atoms with Crippen LogP contribution in [0.15, 0.2) is 12.1 Å². The van der Waals surface area contributed by atoms with Crippen molar-refractivity contribution in [1.29, 1.82) is 0 Å². The van der Waals surface area contributed by atoms with Crippen LogP contribution in [0.2, 0.25) is 0 Å². The summed E-state index contributed by atoms with van der Waals surface area (Å²) in [5, 5.41) is 3.48. The smallest absolute Gasteiger partial charge is 0.310 e. The van der Waals surface area contributed by atoms with Crippen molar-refractivity contribution in [3.05, 3.63) is 21.9 Å². The predicted octanol–water partition coefficient (Wildman–Crippen LogP) is 2.35. The maximum atomic E-state index is 11.1. The Balaban J connectivity index is 1.75. The van der Waals surface area contributed by atoms with Gasteiger partial charge in [-0.05, 0) is 30.4 Å². The summed E-state index contributed by atoms with van der Waals surface area (Å²) in [5.74, 6) is -0.170. The van der Waals surface area contributed by atoms with Crippen LogP contribution in [-0.4, -0.2) is 19.6 Å². The fourth-order valence-electron chi connectivity index (χ4n) is 1.70. The quantitative estimate of drug-likeness (QED) is 0.791. The molecule has 1 saturated carbocycles. The average molecular weight is 253 g/mol. The van der Waals surface area contributed by atoms with Crippen molar-refractivity contribution >= 4 is 17.3 Å². The van der Waals surface area contributed by atoms with E-state index in [1.807, 2.05) is 6.07 Å². The standard InChI is InChI=1S/C13H19NO2S/c1-13(5-6-13)9-14-8-11-4-3-10(17-11)7-12(15)16-2/h3-4,14H,5-9H2,1-2H3. The normalized spacial score (nSPS) is 16.8.